The van der Waals surface area contributed by atoms with Gasteiger partial charge in [-0.05, 0) is 27.7 Å². The third kappa shape index (κ3) is 4.29. The standard InChI is InChI=1S/C12H22O9P2/c1-5-17-22(15,18-6-2)9-10(12(14)21-11(9)13)23(16,19-7-3)20-8-4/h9-10H,5-8H2,1-4H3. The first-order valence-electron chi connectivity index (χ1n) is 7.32. The third-order valence-corrected chi connectivity index (χ3v) is 7.99. The summed E-state index contributed by atoms with van der Waals surface area (Å²) in [6.07, 6.45) is 0. The number of carbonyl (C=O) groups excluding carboxylic acids is 2. The van der Waals surface area contributed by atoms with E-state index in [0.717, 1.165) is 0 Å². The predicted molar refractivity (Wildman–Crippen MR) is 80.4 cm³/mol. The topological polar surface area (TPSA) is 114 Å². The molecule has 0 aliphatic carbocycles. The van der Waals surface area contributed by atoms with Crippen molar-refractivity contribution >= 4 is 27.1 Å². The zero-order chi connectivity index (χ0) is 17.7. The van der Waals surface area contributed by atoms with Crippen LogP contribution in [0, 0.1) is 0 Å². The Morgan fingerprint density at radius 2 is 1.00 bits per heavy atom. The molecule has 0 aromatic rings. The molecule has 11 heteroatoms. The van der Waals surface area contributed by atoms with E-state index < -0.39 is 38.4 Å². The first-order valence-corrected chi connectivity index (χ1v) is 10.5. The van der Waals surface area contributed by atoms with Crippen LogP contribution in [0.1, 0.15) is 27.7 Å². The van der Waals surface area contributed by atoms with Crippen LogP contribution in [-0.2, 0) is 41.6 Å². The van der Waals surface area contributed by atoms with Crippen LogP contribution in [0.15, 0.2) is 0 Å². The number of rotatable bonds is 10. The van der Waals surface area contributed by atoms with E-state index in [4.69, 9.17) is 18.1 Å². The van der Waals surface area contributed by atoms with E-state index in [1.165, 1.54) is 0 Å². The summed E-state index contributed by atoms with van der Waals surface area (Å²) in [7, 11) is -8.18. The molecule has 1 aliphatic rings. The first kappa shape index (κ1) is 20.5. The second-order valence-electron chi connectivity index (χ2n) is 4.38. The highest BCUT2D eigenvalue weighted by Gasteiger charge is 2.64. The summed E-state index contributed by atoms with van der Waals surface area (Å²) in [5, 5.41) is 0. The number of ether oxygens (including phenoxy) is 1. The highest BCUT2D eigenvalue weighted by atomic mass is 31.2. The molecule has 2 atom stereocenters. The summed E-state index contributed by atoms with van der Waals surface area (Å²) in [6.45, 7) is 6.07. The van der Waals surface area contributed by atoms with E-state index in [-0.39, 0.29) is 26.4 Å². The largest absolute Gasteiger partial charge is 0.392 e. The summed E-state index contributed by atoms with van der Waals surface area (Å²) in [6, 6.07) is 0. The van der Waals surface area contributed by atoms with Gasteiger partial charge in [0, 0.05) is 0 Å². The lowest BCUT2D eigenvalue weighted by Crippen LogP contribution is -2.32. The maximum absolute atomic E-state index is 12.9. The van der Waals surface area contributed by atoms with Crippen molar-refractivity contribution < 1.29 is 41.6 Å². The Kier molecular flexibility index (Phi) is 7.58. The second-order valence-corrected chi connectivity index (χ2v) is 8.69. The van der Waals surface area contributed by atoms with Crippen molar-refractivity contribution in [3.05, 3.63) is 0 Å². The molecule has 0 bridgehead atoms. The number of carbonyl (C=O) groups is 2. The van der Waals surface area contributed by atoms with E-state index >= 15 is 0 Å². The maximum Gasteiger partial charge on any atom is 0.346 e. The number of esters is 2. The average molecular weight is 372 g/mol. The minimum atomic E-state index is -4.09. The molecule has 0 radical (unpaired) electrons. The Balaban J connectivity index is 3.35. The van der Waals surface area contributed by atoms with Crippen molar-refractivity contribution in [3.63, 3.8) is 0 Å². The van der Waals surface area contributed by atoms with Crippen LogP contribution in [0.2, 0.25) is 0 Å². The molecule has 0 amide bonds. The summed E-state index contributed by atoms with van der Waals surface area (Å²) in [4.78, 5) is 24.1. The molecule has 0 spiro atoms. The molecular weight excluding hydrogens is 350 g/mol. The molecular formula is C12H22O9P2. The Bertz CT molecular complexity index is 467. The fraction of sp³-hybridized carbons (Fsp3) is 0.833. The van der Waals surface area contributed by atoms with Gasteiger partial charge in [0.25, 0.3) is 0 Å². The van der Waals surface area contributed by atoms with Gasteiger partial charge in [0.15, 0.2) is 11.3 Å². The van der Waals surface area contributed by atoms with E-state index in [1.54, 1.807) is 27.7 Å². The minimum Gasteiger partial charge on any atom is -0.392 e. The van der Waals surface area contributed by atoms with Crippen LogP contribution in [0.25, 0.3) is 0 Å². The van der Waals surface area contributed by atoms with E-state index in [9.17, 15) is 18.7 Å². The van der Waals surface area contributed by atoms with Crippen molar-refractivity contribution in [1.82, 2.24) is 0 Å². The molecule has 2 unspecified atom stereocenters. The van der Waals surface area contributed by atoms with Crippen LogP contribution >= 0.6 is 15.2 Å². The number of hydrogen-bond donors (Lipinski definition) is 0. The smallest absolute Gasteiger partial charge is 0.346 e. The van der Waals surface area contributed by atoms with Crippen LogP contribution in [0.4, 0.5) is 0 Å². The van der Waals surface area contributed by atoms with Crippen molar-refractivity contribution in [3.8, 4) is 0 Å². The Morgan fingerprint density at radius 1 is 0.739 bits per heavy atom. The lowest BCUT2D eigenvalue weighted by Gasteiger charge is -2.27. The average Bonchev–Trinajstić information content (AvgIpc) is 2.75. The van der Waals surface area contributed by atoms with Gasteiger partial charge in [0.2, 0.25) is 0 Å². The summed E-state index contributed by atoms with van der Waals surface area (Å²) < 4.78 is 50.7. The molecule has 0 aromatic carbocycles. The van der Waals surface area contributed by atoms with Crippen molar-refractivity contribution in [2.75, 3.05) is 26.4 Å². The van der Waals surface area contributed by atoms with Gasteiger partial charge < -0.3 is 22.8 Å². The minimum absolute atomic E-state index is 0.0322. The van der Waals surface area contributed by atoms with Gasteiger partial charge in [-0.3, -0.25) is 18.7 Å². The summed E-state index contributed by atoms with van der Waals surface area (Å²) in [5.41, 5.74) is -3.36. The van der Waals surface area contributed by atoms with E-state index in [2.05, 4.69) is 4.74 Å². The molecule has 23 heavy (non-hydrogen) atoms. The number of cyclic esters (lactones) is 2. The van der Waals surface area contributed by atoms with Crippen LogP contribution < -0.4 is 0 Å². The van der Waals surface area contributed by atoms with Crippen LogP contribution in [0.3, 0.4) is 0 Å². The molecule has 0 saturated carbocycles. The highest BCUT2D eigenvalue weighted by molar-refractivity contribution is 7.61. The molecule has 0 aromatic heterocycles. The number of hydrogen-bond acceptors (Lipinski definition) is 9. The van der Waals surface area contributed by atoms with Gasteiger partial charge in [-0.25, -0.2) is 0 Å². The van der Waals surface area contributed by atoms with Crippen molar-refractivity contribution in [2.45, 2.75) is 39.0 Å². The molecule has 1 saturated heterocycles. The van der Waals surface area contributed by atoms with Gasteiger partial charge in [-0.15, -0.1) is 0 Å². The Hall–Kier alpha value is -0.560. The predicted octanol–water partition coefficient (Wildman–Crippen LogP) is 2.34. The van der Waals surface area contributed by atoms with Gasteiger partial charge in [0.05, 0.1) is 26.4 Å². The van der Waals surface area contributed by atoms with Crippen LogP contribution in [-0.4, -0.2) is 49.7 Å². The van der Waals surface area contributed by atoms with Gasteiger partial charge in [-0.2, -0.15) is 0 Å². The molecule has 9 nitrogen and oxygen atoms in total. The molecule has 1 fully saturated rings. The first-order chi connectivity index (χ1) is 10.8. The van der Waals surface area contributed by atoms with Crippen molar-refractivity contribution in [1.29, 1.82) is 0 Å². The Morgan fingerprint density at radius 3 is 1.22 bits per heavy atom. The molecule has 134 valence electrons. The second kappa shape index (κ2) is 8.51. The van der Waals surface area contributed by atoms with Gasteiger partial charge in [-0.1, -0.05) is 0 Å². The normalized spacial score (nSPS) is 22.4. The summed E-state index contributed by atoms with van der Waals surface area (Å²) >= 11 is 0. The van der Waals surface area contributed by atoms with E-state index in [1.807, 2.05) is 0 Å². The lowest BCUT2D eigenvalue weighted by atomic mass is 10.3. The highest BCUT2D eigenvalue weighted by Crippen LogP contribution is 2.66. The van der Waals surface area contributed by atoms with Gasteiger partial charge >= 0.3 is 27.1 Å². The maximum atomic E-state index is 12.9. The van der Waals surface area contributed by atoms with Gasteiger partial charge in [0.1, 0.15) is 0 Å². The van der Waals surface area contributed by atoms with Crippen molar-refractivity contribution in [2.24, 2.45) is 0 Å². The monoisotopic (exact) mass is 372 g/mol. The zero-order valence-corrected chi connectivity index (χ0v) is 15.3. The SMILES string of the molecule is CCOP(=O)(OCC)C1C(=O)OC(=O)C1P(=O)(OCC)OCC. The van der Waals surface area contributed by atoms with Crippen LogP contribution in [0.5, 0.6) is 0 Å². The van der Waals surface area contributed by atoms with E-state index in [0.29, 0.717) is 0 Å². The zero-order valence-electron chi connectivity index (χ0n) is 13.6. The molecule has 1 rings (SSSR count). The fourth-order valence-corrected chi connectivity index (χ4v) is 6.97. The lowest BCUT2D eigenvalue weighted by molar-refractivity contribution is -0.151. The fourth-order valence-electron chi connectivity index (χ4n) is 2.20. The molecule has 0 N–H and O–H groups in total. The Labute approximate surface area is 135 Å². The molecule has 1 heterocycles. The molecule has 1 aliphatic heterocycles. The third-order valence-electron chi connectivity index (χ3n) is 2.90. The summed E-state index contributed by atoms with van der Waals surface area (Å²) in [5.74, 6) is -2.24. The quantitative estimate of drug-likeness (QED) is 0.324.